The normalized spacial score (nSPS) is 16.5. The summed E-state index contributed by atoms with van der Waals surface area (Å²) in [5, 5.41) is 18.5. The fourth-order valence-electron chi connectivity index (χ4n) is 3.37. The lowest BCUT2D eigenvalue weighted by atomic mass is 10.1. The largest absolute Gasteiger partial charge is 0.439 e. The maximum Gasteiger partial charge on any atom is 0.272 e. The van der Waals surface area contributed by atoms with Crippen molar-refractivity contribution in [3.8, 4) is 11.6 Å². The minimum atomic E-state index is -0.441. The zero-order valence-corrected chi connectivity index (χ0v) is 18.0. The zero-order valence-electron chi connectivity index (χ0n) is 18.0. The van der Waals surface area contributed by atoms with Crippen LogP contribution in [0, 0.1) is 24.0 Å². The van der Waals surface area contributed by atoms with Gasteiger partial charge in [0.25, 0.3) is 11.6 Å². The fraction of sp³-hybridized carbons (Fsp3) is 0.524. The summed E-state index contributed by atoms with van der Waals surface area (Å²) in [6, 6.07) is 4.56. The average Bonchev–Trinajstić information content (AvgIpc) is 3.28. The van der Waals surface area contributed by atoms with Gasteiger partial charge in [0, 0.05) is 30.3 Å². The number of aromatic nitrogens is 2. The lowest BCUT2D eigenvalue weighted by Crippen LogP contribution is -2.32. The van der Waals surface area contributed by atoms with E-state index in [2.05, 4.69) is 10.4 Å². The molecule has 1 N–H and O–H groups in total. The van der Waals surface area contributed by atoms with Gasteiger partial charge in [0.2, 0.25) is 5.88 Å². The van der Waals surface area contributed by atoms with Crippen LogP contribution in [0.1, 0.15) is 55.2 Å². The molecule has 2 heterocycles. The second kappa shape index (κ2) is 8.43. The van der Waals surface area contributed by atoms with Crippen LogP contribution in [0.3, 0.4) is 0 Å². The highest BCUT2D eigenvalue weighted by molar-refractivity contribution is 5.94. The third-order valence-electron chi connectivity index (χ3n) is 5.01. The van der Waals surface area contributed by atoms with Crippen LogP contribution < -0.4 is 10.1 Å². The van der Waals surface area contributed by atoms with Gasteiger partial charge in [-0.15, -0.1) is 0 Å². The van der Waals surface area contributed by atoms with Gasteiger partial charge < -0.3 is 14.8 Å². The number of nitrogens with one attached hydrogen (secondary N) is 1. The van der Waals surface area contributed by atoms with E-state index < -0.39 is 10.5 Å². The molecule has 3 rings (SSSR count). The highest BCUT2D eigenvalue weighted by Gasteiger charge is 2.28. The first kappa shape index (κ1) is 21.8. The summed E-state index contributed by atoms with van der Waals surface area (Å²) < 4.78 is 13.3. The number of nitrogens with zero attached hydrogens (tertiary/aromatic N) is 3. The van der Waals surface area contributed by atoms with Crippen LogP contribution in [-0.4, -0.2) is 39.9 Å². The van der Waals surface area contributed by atoms with Crippen molar-refractivity contribution in [3.63, 3.8) is 0 Å². The van der Waals surface area contributed by atoms with E-state index in [1.807, 2.05) is 20.8 Å². The quantitative estimate of drug-likeness (QED) is 0.566. The standard InChI is InChI=1S/C21H28N4O5/c1-13-11-15(8-9-17(13)25(27)28)30-20-14(2)18(23-24(20)21(3,4)5)19(26)22-12-16-7-6-10-29-16/h8-9,11,16H,6-7,10,12H2,1-5H3,(H,22,26)/t16-/m1/s1. The molecule has 30 heavy (non-hydrogen) atoms. The highest BCUT2D eigenvalue weighted by atomic mass is 16.6. The van der Waals surface area contributed by atoms with Crippen LogP contribution >= 0.6 is 0 Å². The monoisotopic (exact) mass is 416 g/mol. The van der Waals surface area contributed by atoms with Crippen molar-refractivity contribution in [2.45, 2.75) is 59.1 Å². The van der Waals surface area contributed by atoms with E-state index in [4.69, 9.17) is 9.47 Å². The van der Waals surface area contributed by atoms with E-state index in [0.29, 0.717) is 29.3 Å². The van der Waals surface area contributed by atoms with E-state index in [-0.39, 0.29) is 23.4 Å². The zero-order chi connectivity index (χ0) is 22.1. The minimum Gasteiger partial charge on any atom is -0.439 e. The first-order chi connectivity index (χ1) is 14.1. The molecule has 1 atom stereocenters. The Morgan fingerprint density at radius 2 is 2.13 bits per heavy atom. The Balaban J connectivity index is 1.88. The van der Waals surface area contributed by atoms with Crippen molar-refractivity contribution in [1.29, 1.82) is 0 Å². The molecule has 0 spiro atoms. The van der Waals surface area contributed by atoms with Gasteiger partial charge in [0.05, 0.1) is 16.6 Å². The Morgan fingerprint density at radius 1 is 1.40 bits per heavy atom. The van der Waals surface area contributed by atoms with Crippen molar-refractivity contribution in [3.05, 3.63) is 45.1 Å². The molecule has 2 aromatic rings. The van der Waals surface area contributed by atoms with E-state index >= 15 is 0 Å². The number of ether oxygens (including phenoxy) is 2. The van der Waals surface area contributed by atoms with Gasteiger partial charge in [-0.3, -0.25) is 14.9 Å². The second-order valence-corrected chi connectivity index (χ2v) is 8.51. The lowest BCUT2D eigenvalue weighted by molar-refractivity contribution is -0.385. The maximum absolute atomic E-state index is 12.8. The van der Waals surface area contributed by atoms with E-state index in [1.54, 1.807) is 30.7 Å². The maximum atomic E-state index is 12.8. The molecule has 1 aromatic heterocycles. The molecular weight excluding hydrogens is 388 g/mol. The van der Waals surface area contributed by atoms with Gasteiger partial charge in [0.1, 0.15) is 5.75 Å². The summed E-state index contributed by atoms with van der Waals surface area (Å²) in [5.41, 5.74) is 0.967. The van der Waals surface area contributed by atoms with Gasteiger partial charge in [0.15, 0.2) is 5.69 Å². The SMILES string of the molecule is Cc1cc(Oc2c(C)c(C(=O)NC[C@H]3CCCO3)nn2C(C)(C)C)ccc1[N+](=O)[O-]. The molecule has 0 bridgehead atoms. The summed E-state index contributed by atoms with van der Waals surface area (Å²) in [4.78, 5) is 23.4. The summed E-state index contributed by atoms with van der Waals surface area (Å²) in [5.74, 6) is 0.590. The predicted octanol–water partition coefficient (Wildman–Crippen LogP) is 3.86. The number of nitro groups is 1. The number of nitro benzene ring substituents is 1. The van der Waals surface area contributed by atoms with Crippen molar-refractivity contribution in [1.82, 2.24) is 15.1 Å². The Morgan fingerprint density at radius 3 is 2.70 bits per heavy atom. The third-order valence-corrected chi connectivity index (χ3v) is 5.01. The summed E-state index contributed by atoms with van der Waals surface area (Å²) in [6.45, 7) is 10.5. The topological polar surface area (TPSA) is 109 Å². The van der Waals surface area contributed by atoms with Crippen molar-refractivity contribution in [2.24, 2.45) is 0 Å². The molecule has 9 nitrogen and oxygen atoms in total. The lowest BCUT2D eigenvalue weighted by Gasteiger charge is -2.22. The molecule has 1 aromatic carbocycles. The summed E-state index contributed by atoms with van der Waals surface area (Å²) in [7, 11) is 0. The Labute approximate surface area is 175 Å². The minimum absolute atomic E-state index is 0.0256. The number of hydrogen-bond donors (Lipinski definition) is 1. The Kier molecular flexibility index (Phi) is 6.12. The number of carbonyl (C=O) groups is 1. The molecule has 9 heteroatoms. The van der Waals surface area contributed by atoms with Crippen LogP contribution in [0.25, 0.3) is 0 Å². The molecule has 1 saturated heterocycles. The molecule has 1 aliphatic heterocycles. The number of benzene rings is 1. The van der Waals surface area contributed by atoms with Gasteiger partial charge >= 0.3 is 0 Å². The van der Waals surface area contributed by atoms with Gasteiger partial charge in [-0.25, -0.2) is 4.68 Å². The molecule has 0 saturated carbocycles. The molecule has 1 aliphatic rings. The average molecular weight is 416 g/mol. The highest BCUT2D eigenvalue weighted by Crippen LogP contribution is 2.33. The summed E-state index contributed by atoms with van der Waals surface area (Å²) >= 11 is 0. The molecular formula is C21H28N4O5. The van der Waals surface area contributed by atoms with Crippen LogP contribution in [0.5, 0.6) is 11.6 Å². The molecule has 0 unspecified atom stereocenters. The third kappa shape index (κ3) is 4.62. The molecule has 1 fully saturated rings. The van der Waals surface area contributed by atoms with Crippen molar-refractivity contribution < 1.29 is 19.2 Å². The van der Waals surface area contributed by atoms with Crippen LogP contribution in [-0.2, 0) is 10.3 Å². The molecule has 0 radical (unpaired) electrons. The number of aryl methyl sites for hydroxylation is 1. The summed E-state index contributed by atoms with van der Waals surface area (Å²) in [6.07, 6.45) is 1.98. The van der Waals surface area contributed by atoms with E-state index in [0.717, 1.165) is 19.4 Å². The van der Waals surface area contributed by atoms with Gasteiger partial charge in [-0.2, -0.15) is 5.10 Å². The number of rotatable bonds is 6. The number of carbonyl (C=O) groups excluding carboxylic acids is 1. The van der Waals surface area contributed by atoms with E-state index in [1.165, 1.54) is 6.07 Å². The van der Waals surface area contributed by atoms with Crippen molar-refractivity contribution in [2.75, 3.05) is 13.2 Å². The smallest absolute Gasteiger partial charge is 0.272 e. The van der Waals surface area contributed by atoms with Crippen molar-refractivity contribution >= 4 is 11.6 Å². The van der Waals surface area contributed by atoms with Gasteiger partial charge in [-0.05, 0) is 59.6 Å². The first-order valence-corrected chi connectivity index (χ1v) is 10.0. The second-order valence-electron chi connectivity index (χ2n) is 8.51. The first-order valence-electron chi connectivity index (χ1n) is 10.0. The Bertz CT molecular complexity index is 955. The van der Waals surface area contributed by atoms with Gasteiger partial charge in [-0.1, -0.05) is 0 Å². The number of hydrogen-bond acceptors (Lipinski definition) is 6. The molecule has 1 amide bonds. The van der Waals surface area contributed by atoms with E-state index in [9.17, 15) is 14.9 Å². The van der Waals surface area contributed by atoms with Crippen LogP contribution in [0.2, 0.25) is 0 Å². The van der Waals surface area contributed by atoms with Crippen LogP contribution in [0.4, 0.5) is 5.69 Å². The van der Waals surface area contributed by atoms with Crippen LogP contribution in [0.15, 0.2) is 18.2 Å². The molecule has 162 valence electrons. The predicted molar refractivity (Wildman–Crippen MR) is 111 cm³/mol. The molecule has 0 aliphatic carbocycles. The fourth-order valence-corrected chi connectivity index (χ4v) is 3.37. The number of amides is 1. The Hall–Kier alpha value is -2.94.